The molecule has 3 amide bonds. The first-order valence-corrected chi connectivity index (χ1v) is 9.18. The number of morpholine rings is 1. The van der Waals surface area contributed by atoms with Crippen LogP contribution in [0.15, 0.2) is 36.4 Å². The summed E-state index contributed by atoms with van der Waals surface area (Å²) in [4.78, 5) is 26.2. The Morgan fingerprint density at radius 2 is 1.89 bits per heavy atom. The van der Waals surface area contributed by atoms with Crippen molar-refractivity contribution < 1.29 is 28.6 Å². The molecule has 0 bridgehead atoms. The molecule has 1 fully saturated rings. The summed E-state index contributed by atoms with van der Waals surface area (Å²) in [7, 11) is 0. The van der Waals surface area contributed by atoms with Gasteiger partial charge in [-0.15, -0.1) is 0 Å². The summed E-state index contributed by atoms with van der Waals surface area (Å²) in [6.07, 6.45) is 2.46. The Bertz CT molecular complexity index is 706. The topological polar surface area (TPSA) is 100 Å². The Hall–Kier alpha value is -2.49. The molecule has 9 heteroatoms. The normalized spacial score (nSPS) is 24.6. The van der Waals surface area contributed by atoms with Crippen molar-refractivity contribution in [3.05, 3.63) is 42.2 Å². The number of rotatable bonds is 5. The zero-order valence-electron chi connectivity index (χ0n) is 15.3. The lowest BCUT2D eigenvalue weighted by atomic mass is 10.0. The SMILES string of the molecule is O=C(Nc1ccc(F)cc1)N[C@@H]1C=C[C@H](CC(=O)N2CCOCC2)O[C@@H]1CO. The number of halogens is 1. The van der Waals surface area contributed by atoms with Crippen LogP contribution in [0.3, 0.4) is 0 Å². The van der Waals surface area contributed by atoms with Gasteiger partial charge in [0, 0.05) is 18.8 Å². The number of carbonyl (C=O) groups is 2. The van der Waals surface area contributed by atoms with Crippen LogP contribution >= 0.6 is 0 Å². The van der Waals surface area contributed by atoms with Gasteiger partial charge < -0.3 is 30.1 Å². The molecular weight excluding hydrogens is 369 g/mol. The van der Waals surface area contributed by atoms with Crippen molar-refractivity contribution in [1.82, 2.24) is 10.2 Å². The zero-order valence-corrected chi connectivity index (χ0v) is 15.3. The van der Waals surface area contributed by atoms with Crippen LogP contribution in [0.2, 0.25) is 0 Å². The van der Waals surface area contributed by atoms with Gasteiger partial charge in [-0.3, -0.25) is 4.79 Å². The minimum Gasteiger partial charge on any atom is -0.394 e. The molecule has 0 aromatic heterocycles. The largest absolute Gasteiger partial charge is 0.394 e. The molecule has 3 N–H and O–H groups in total. The number of aliphatic hydroxyl groups is 1. The minimum atomic E-state index is -0.675. The number of hydrogen-bond donors (Lipinski definition) is 3. The van der Waals surface area contributed by atoms with E-state index in [-0.39, 0.29) is 18.9 Å². The van der Waals surface area contributed by atoms with Crippen molar-refractivity contribution in [2.75, 3.05) is 38.2 Å². The molecule has 0 spiro atoms. The van der Waals surface area contributed by atoms with Gasteiger partial charge in [-0.25, -0.2) is 9.18 Å². The number of aliphatic hydroxyl groups excluding tert-OH is 1. The highest BCUT2D eigenvalue weighted by Crippen LogP contribution is 2.17. The van der Waals surface area contributed by atoms with Crippen molar-refractivity contribution in [2.45, 2.75) is 24.7 Å². The molecule has 1 saturated heterocycles. The fourth-order valence-electron chi connectivity index (χ4n) is 3.10. The fraction of sp³-hybridized carbons (Fsp3) is 0.474. The molecule has 2 aliphatic rings. The fourth-order valence-corrected chi connectivity index (χ4v) is 3.10. The number of amides is 3. The lowest BCUT2D eigenvalue weighted by molar-refractivity contribution is -0.139. The third-order valence-corrected chi connectivity index (χ3v) is 4.60. The molecule has 0 aliphatic carbocycles. The number of nitrogens with one attached hydrogen (secondary N) is 2. The molecule has 3 rings (SSSR count). The highest BCUT2D eigenvalue weighted by Gasteiger charge is 2.30. The highest BCUT2D eigenvalue weighted by molar-refractivity contribution is 5.89. The third kappa shape index (κ3) is 5.51. The molecule has 0 unspecified atom stereocenters. The van der Waals surface area contributed by atoms with E-state index in [1.807, 2.05) is 0 Å². The molecule has 28 heavy (non-hydrogen) atoms. The second-order valence-corrected chi connectivity index (χ2v) is 6.61. The van der Waals surface area contributed by atoms with Gasteiger partial charge in [-0.05, 0) is 24.3 Å². The first-order valence-electron chi connectivity index (χ1n) is 9.18. The van der Waals surface area contributed by atoms with Crippen LogP contribution in [-0.4, -0.2) is 73.1 Å². The van der Waals surface area contributed by atoms with Gasteiger partial charge in [0.15, 0.2) is 0 Å². The number of carbonyl (C=O) groups excluding carboxylic acids is 2. The van der Waals surface area contributed by atoms with E-state index in [1.165, 1.54) is 24.3 Å². The van der Waals surface area contributed by atoms with E-state index in [2.05, 4.69) is 10.6 Å². The predicted molar refractivity (Wildman–Crippen MR) is 99.2 cm³/mol. The molecule has 1 aromatic rings. The second kappa shape index (κ2) is 9.63. The van der Waals surface area contributed by atoms with E-state index in [4.69, 9.17) is 9.47 Å². The van der Waals surface area contributed by atoms with Gasteiger partial charge in [0.2, 0.25) is 5.91 Å². The molecule has 0 saturated carbocycles. The summed E-state index contributed by atoms with van der Waals surface area (Å²) in [5.74, 6) is -0.428. The van der Waals surface area contributed by atoms with Crippen LogP contribution in [-0.2, 0) is 14.3 Å². The Morgan fingerprint density at radius 3 is 2.57 bits per heavy atom. The lowest BCUT2D eigenvalue weighted by Gasteiger charge is -2.33. The number of urea groups is 1. The van der Waals surface area contributed by atoms with Gasteiger partial charge in [0.05, 0.1) is 38.4 Å². The smallest absolute Gasteiger partial charge is 0.319 e. The van der Waals surface area contributed by atoms with Gasteiger partial charge >= 0.3 is 6.03 Å². The maximum absolute atomic E-state index is 12.9. The molecular formula is C19H24FN3O5. The van der Waals surface area contributed by atoms with Crippen LogP contribution in [0.4, 0.5) is 14.9 Å². The van der Waals surface area contributed by atoms with Crippen molar-refractivity contribution in [1.29, 1.82) is 0 Å². The van der Waals surface area contributed by atoms with Crippen LogP contribution in [0, 0.1) is 5.82 Å². The molecule has 8 nitrogen and oxygen atoms in total. The average Bonchev–Trinajstić information content (AvgIpc) is 2.71. The molecule has 2 aliphatic heterocycles. The first kappa shape index (κ1) is 20.2. The van der Waals surface area contributed by atoms with E-state index in [9.17, 15) is 19.1 Å². The van der Waals surface area contributed by atoms with Crippen molar-refractivity contribution >= 4 is 17.6 Å². The molecule has 152 valence electrons. The number of benzene rings is 1. The average molecular weight is 393 g/mol. The summed E-state index contributed by atoms with van der Waals surface area (Å²) in [5.41, 5.74) is 0.439. The maximum Gasteiger partial charge on any atom is 0.319 e. The van der Waals surface area contributed by atoms with E-state index in [0.29, 0.717) is 32.0 Å². The van der Waals surface area contributed by atoms with Gasteiger partial charge in [0.1, 0.15) is 11.9 Å². The van der Waals surface area contributed by atoms with Crippen molar-refractivity contribution in [2.24, 2.45) is 0 Å². The summed E-state index contributed by atoms with van der Waals surface area (Å²) in [6, 6.07) is 4.31. The third-order valence-electron chi connectivity index (χ3n) is 4.60. The predicted octanol–water partition coefficient (Wildman–Crippen LogP) is 0.881. The summed E-state index contributed by atoms with van der Waals surface area (Å²) in [6.45, 7) is 1.87. The second-order valence-electron chi connectivity index (χ2n) is 6.61. The van der Waals surface area contributed by atoms with Crippen molar-refractivity contribution in [3.8, 4) is 0 Å². The Kier molecular flexibility index (Phi) is 6.96. The maximum atomic E-state index is 12.9. The summed E-state index contributed by atoms with van der Waals surface area (Å²) >= 11 is 0. The standard InChI is InChI=1S/C19H24FN3O5/c20-13-1-3-14(4-2-13)21-19(26)22-16-6-5-15(28-17(16)12-24)11-18(25)23-7-9-27-10-8-23/h1-6,15-17,24H,7-12H2,(H2,21,22,26)/t15-,16-,17-/m1/s1. The van der Waals surface area contributed by atoms with Gasteiger partial charge in [0.25, 0.3) is 0 Å². The molecule has 0 radical (unpaired) electrons. The summed E-state index contributed by atoms with van der Waals surface area (Å²) < 4.78 is 23.9. The Balaban J connectivity index is 1.52. The van der Waals surface area contributed by atoms with Crippen LogP contribution in [0.1, 0.15) is 6.42 Å². The monoisotopic (exact) mass is 393 g/mol. The highest BCUT2D eigenvalue weighted by atomic mass is 19.1. The van der Waals surface area contributed by atoms with Gasteiger partial charge in [-0.2, -0.15) is 0 Å². The van der Waals surface area contributed by atoms with E-state index < -0.39 is 30.1 Å². The Morgan fingerprint density at radius 1 is 1.18 bits per heavy atom. The zero-order chi connectivity index (χ0) is 19.9. The molecule has 3 atom stereocenters. The number of hydrogen-bond acceptors (Lipinski definition) is 5. The van der Waals surface area contributed by atoms with Crippen LogP contribution in [0.5, 0.6) is 0 Å². The Labute approximate surface area is 162 Å². The van der Waals surface area contributed by atoms with E-state index in [0.717, 1.165) is 0 Å². The van der Waals surface area contributed by atoms with Crippen LogP contribution in [0.25, 0.3) is 0 Å². The quantitative estimate of drug-likeness (QED) is 0.645. The number of anilines is 1. The minimum absolute atomic E-state index is 0.0323. The lowest BCUT2D eigenvalue weighted by Crippen LogP contribution is -2.50. The molecule has 2 heterocycles. The van der Waals surface area contributed by atoms with Crippen LogP contribution < -0.4 is 10.6 Å². The van der Waals surface area contributed by atoms with E-state index in [1.54, 1.807) is 17.1 Å². The number of nitrogens with zero attached hydrogens (tertiary/aromatic N) is 1. The van der Waals surface area contributed by atoms with Crippen molar-refractivity contribution in [3.63, 3.8) is 0 Å². The first-order chi connectivity index (χ1) is 13.5. The number of ether oxygens (including phenoxy) is 2. The molecule has 1 aromatic carbocycles. The van der Waals surface area contributed by atoms with E-state index >= 15 is 0 Å². The van der Waals surface area contributed by atoms with Gasteiger partial charge in [-0.1, -0.05) is 12.2 Å². The summed E-state index contributed by atoms with van der Waals surface area (Å²) in [5, 5.41) is 14.9.